The minimum atomic E-state index is -0.123. The highest BCUT2D eigenvalue weighted by Crippen LogP contribution is 2.48. The summed E-state index contributed by atoms with van der Waals surface area (Å²) in [7, 11) is 3.52. The second-order valence-electron chi connectivity index (χ2n) is 7.47. The predicted molar refractivity (Wildman–Crippen MR) is 123 cm³/mol. The van der Waals surface area contributed by atoms with Gasteiger partial charge in [-0.3, -0.25) is 9.59 Å². The van der Waals surface area contributed by atoms with Crippen molar-refractivity contribution in [3.63, 3.8) is 0 Å². The summed E-state index contributed by atoms with van der Waals surface area (Å²) in [6.45, 7) is 0. The number of benzene rings is 2. The smallest absolute Gasteiger partial charge is 0.261 e. The molecule has 30 heavy (non-hydrogen) atoms. The zero-order chi connectivity index (χ0) is 20.6. The van der Waals surface area contributed by atoms with Crippen molar-refractivity contribution < 1.29 is 9.59 Å². The minimum Gasteiger partial charge on any atom is -0.309 e. The average Bonchev–Trinajstić information content (AvgIpc) is 3.47. The molecule has 0 saturated carbocycles. The van der Waals surface area contributed by atoms with Gasteiger partial charge in [0.1, 0.15) is 0 Å². The van der Waals surface area contributed by atoms with Crippen molar-refractivity contribution in [1.29, 1.82) is 0 Å². The van der Waals surface area contributed by atoms with Gasteiger partial charge in [-0.2, -0.15) is 0 Å². The number of carbonyl (C=O) groups is 2. The van der Waals surface area contributed by atoms with Crippen LogP contribution in [0.25, 0.3) is 31.6 Å². The second kappa shape index (κ2) is 6.14. The van der Waals surface area contributed by atoms with Gasteiger partial charge in [0.15, 0.2) is 0 Å². The first-order valence-corrected chi connectivity index (χ1v) is 11.2. The molecule has 2 aromatic carbocycles. The summed E-state index contributed by atoms with van der Waals surface area (Å²) in [6, 6.07) is 20.4. The molecule has 2 aliphatic rings. The van der Waals surface area contributed by atoms with Crippen LogP contribution in [0.5, 0.6) is 0 Å². The van der Waals surface area contributed by atoms with Crippen LogP contribution in [0.1, 0.15) is 9.75 Å². The van der Waals surface area contributed by atoms with Crippen molar-refractivity contribution in [2.45, 2.75) is 0 Å². The van der Waals surface area contributed by atoms with Crippen LogP contribution in [-0.4, -0.2) is 35.7 Å². The number of rotatable bonds is 2. The van der Waals surface area contributed by atoms with Crippen molar-refractivity contribution in [3.8, 4) is 0 Å². The first kappa shape index (κ1) is 17.6. The maximum Gasteiger partial charge on any atom is 0.261 e. The van der Waals surface area contributed by atoms with Crippen LogP contribution in [0.4, 0.5) is 0 Å². The molecule has 0 fully saturated rings. The molecule has 0 spiro atoms. The van der Waals surface area contributed by atoms with Gasteiger partial charge < -0.3 is 9.80 Å². The van der Waals surface area contributed by atoms with E-state index in [-0.39, 0.29) is 11.8 Å². The zero-order valence-corrected chi connectivity index (χ0v) is 17.9. The zero-order valence-electron chi connectivity index (χ0n) is 16.3. The Morgan fingerprint density at radius 1 is 0.633 bits per heavy atom. The largest absolute Gasteiger partial charge is 0.309 e. The van der Waals surface area contributed by atoms with Crippen LogP contribution >= 0.6 is 22.7 Å². The molecule has 4 nitrogen and oxygen atoms in total. The predicted octanol–water partition coefficient (Wildman–Crippen LogP) is 5.18. The van der Waals surface area contributed by atoms with Crippen molar-refractivity contribution >= 4 is 66.1 Å². The van der Waals surface area contributed by atoms with Crippen molar-refractivity contribution in [3.05, 3.63) is 81.6 Å². The summed E-state index contributed by atoms with van der Waals surface area (Å²) in [5.41, 5.74) is 2.46. The van der Waals surface area contributed by atoms with Gasteiger partial charge >= 0.3 is 0 Å². The van der Waals surface area contributed by atoms with Crippen LogP contribution < -0.4 is 0 Å². The number of hydrogen-bond acceptors (Lipinski definition) is 4. The van der Waals surface area contributed by atoms with E-state index in [1.54, 1.807) is 46.6 Å². The highest BCUT2D eigenvalue weighted by Gasteiger charge is 2.47. The van der Waals surface area contributed by atoms with Crippen molar-refractivity contribution in [2.24, 2.45) is 0 Å². The van der Waals surface area contributed by atoms with Gasteiger partial charge in [-0.25, -0.2) is 0 Å². The van der Waals surface area contributed by atoms with Gasteiger partial charge in [0, 0.05) is 23.5 Å². The molecule has 6 rings (SSSR count). The van der Waals surface area contributed by atoms with E-state index in [1.807, 2.05) is 24.3 Å². The Hall–Kier alpha value is -3.22. The Balaban J connectivity index is 1.62. The Kier molecular flexibility index (Phi) is 3.61. The molecular formula is C24H16N2O2S2. The first-order chi connectivity index (χ1) is 14.5. The second-order valence-corrected chi connectivity index (χ2v) is 9.64. The third-order valence-corrected chi connectivity index (χ3v) is 7.99. The van der Waals surface area contributed by atoms with Gasteiger partial charge in [0.2, 0.25) is 0 Å². The van der Waals surface area contributed by atoms with Gasteiger partial charge in [-0.05, 0) is 35.0 Å². The summed E-state index contributed by atoms with van der Waals surface area (Å²) in [5, 5.41) is 2.24. The Morgan fingerprint density at radius 2 is 1.03 bits per heavy atom. The summed E-state index contributed by atoms with van der Waals surface area (Å²) in [5.74, 6) is -0.245. The van der Waals surface area contributed by atoms with Crippen LogP contribution in [0.2, 0.25) is 0 Å². The monoisotopic (exact) mass is 428 g/mol. The summed E-state index contributed by atoms with van der Waals surface area (Å²) in [4.78, 5) is 31.8. The fraction of sp³-hybridized carbons (Fsp3) is 0.0833. The van der Waals surface area contributed by atoms with E-state index in [0.717, 1.165) is 29.9 Å². The number of thiophene rings is 2. The summed E-state index contributed by atoms with van der Waals surface area (Å²) in [6.07, 6.45) is 0. The number of nitrogens with zero attached hydrogens (tertiary/aromatic N) is 2. The quantitative estimate of drug-likeness (QED) is 0.441. The van der Waals surface area contributed by atoms with Crippen LogP contribution in [0.15, 0.2) is 71.8 Å². The lowest BCUT2D eigenvalue weighted by Gasteiger charge is -2.18. The molecule has 0 bridgehead atoms. The maximum absolute atomic E-state index is 13.3. The van der Waals surface area contributed by atoms with Gasteiger partial charge in [-0.15, -0.1) is 22.7 Å². The topological polar surface area (TPSA) is 40.6 Å². The lowest BCUT2D eigenvalue weighted by atomic mass is 10.1. The number of likely N-dealkylation sites (N-methyl/N-ethyl adjacent to an activating group) is 2. The van der Waals surface area contributed by atoms with E-state index in [0.29, 0.717) is 22.5 Å². The molecule has 4 aromatic rings. The van der Waals surface area contributed by atoms with E-state index in [4.69, 9.17) is 0 Å². The van der Waals surface area contributed by atoms with E-state index in [1.165, 1.54) is 0 Å². The Morgan fingerprint density at radius 3 is 1.43 bits per heavy atom. The molecule has 0 saturated heterocycles. The van der Waals surface area contributed by atoms with E-state index in [9.17, 15) is 9.59 Å². The maximum atomic E-state index is 13.3. The van der Waals surface area contributed by atoms with Crippen molar-refractivity contribution in [1.82, 2.24) is 9.80 Å². The number of fused-ring (bicyclic) bond motifs is 3. The van der Waals surface area contributed by atoms with Gasteiger partial charge in [-0.1, -0.05) is 36.4 Å². The van der Waals surface area contributed by atoms with Gasteiger partial charge in [0.25, 0.3) is 11.8 Å². The molecule has 2 aliphatic heterocycles. The number of amides is 2. The molecule has 6 heteroatoms. The molecular weight excluding hydrogens is 412 g/mol. The third kappa shape index (κ3) is 2.26. The lowest BCUT2D eigenvalue weighted by molar-refractivity contribution is -0.123. The van der Waals surface area contributed by atoms with Gasteiger partial charge in [0.05, 0.1) is 32.3 Å². The van der Waals surface area contributed by atoms with E-state index < -0.39 is 0 Å². The number of carbonyl (C=O) groups excluding carboxylic acids is 2. The Bertz CT molecular complexity index is 1290. The highest BCUT2D eigenvalue weighted by molar-refractivity contribution is 7.20. The molecule has 0 atom stereocenters. The first-order valence-electron chi connectivity index (χ1n) is 9.57. The standard InChI is InChI=1S/C24H16N2O2S2/c1-25-21(17-11-13-7-3-5-9-15(13)29-17)19-20(23(25)27)22(26(2)24(19)28)18-12-14-8-4-6-10-16(14)30-18/h3-12H,1-2H3. The van der Waals surface area contributed by atoms with Crippen LogP contribution in [0, 0.1) is 0 Å². The summed E-state index contributed by atoms with van der Waals surface area (Å²) < 4.78 is 2.28. The van der Waals surface area contributed by atoms with Crippen LogP contribution in [-0.2, 0) is 9.59 Å². The molecule has 0 aliphatic carbocycles. The molecule has 2 aromatic heterocycles. The average molecular weight is 429 g/mol. The van der Waals surface area contributed by atoms with E-state index in [2.05, 4.69) is 36.4 Å². The molecule has 4 heterocycles. The third-order valence-electron chi connectivity index (χ3n) is 5.75. The molecule has 0 N–H and O–H groups in total. The fourth-order valence-electron chi connectivity index (χ4n) is 4.30. The lowest BCUT2D eigenvalue weighted by Crippen LogP contribution is -2.24. The molecule has 0 radical (unpaired) electrons. The SMILES string of the molecule is CN1C(=O)C2=C(c3cc4ccccc4s3)N(C)C(=O)C2=C1c1cc2ccccc2s1. The Labute approximate surface area is 181 Å². The van der Waals surface area contributed by atoms with Crippen LogP contribution in [0.3, 0.4) is 0 Å². The minimum absolute atomic E-state index is 0.123. The molecule has 0 unspecified atom stereocenters. The molecule has 146 valence electrons. The summed E-state index contributed by atoms with van der Waals surface area (Å²) >= 11 is 3.22. The van der Waals surface area contributed by atoms with E-state index >= 15 is 0 Å². The van der Waals surface area contributed by atoms with Crippen molar-refractivity contribution in [2.75, 3.05) is 14.1 Å². The number of hydrogen-bond donors (Lipinski definition) is 0. The normalized spacial score (nSPS) is 16.7. The fourth-order valence-corrected chi connectivity index (χ4v) is 6.60. The molecule has 2 amide bonds. The highest BCUT2D eigenvalue weighted by atomic mass is 32.1.